The number of piperazine rings is 1. The van der Waals surface area contributed by atoms with Gasteiger partial charge in [0.15, 0.2) is 0 Å². The number of nitrogens with one attached hydrogen (secondary N) is 1. The second-order valence-corrected chi connectivity index (χ2v) is 4.76. The number of hydrogen-bond acceptors (Lipinski definition) is 3. The highest BCUT2D eigenvalue weighted by Gasteiger charge is 2.37. The van der Waals surface area contributed by atoms with Gasteiger partial charge in [-0.05, 0) is 26.2 Å². The summed E-state index contributed by atoms with van der Waals surface area (Å²) in [6.45, 7) is 5.04. The van der Waals surface area contributed by atoms with Crippen molar-refractivity contribution in [3.05, 3.63) is 0 Å². The van der Waals surface area contributed by atoms with Crippen LogP contribution in [-0.4, -0.2) is 48.1 Å². The fraction of sp³-hybridized carbons (Fsp3) is 0.833. The van der Waals surface area contributed by atoms with Crippen LogP contribution in [0.3, 0.4) is 0 Å². The molecule has 3 unspecified atom stereocenters. The van der Waals surface area contributed by atoms with E-state index in [0.717, 1.165) is 12.8 Å². The average Bonchev–Trinajstić information content (AvgIpc) is 2.74. The van der Waals surface area contributed by atoms with Crippen LogP contribution in [0.5, 0.6) is 0 Å². The minimum Gasteiger partial charge on any atom is -0.365 e. The molecule has 17 heavy (non-hydrogen) atoms. The molecule has 0 radical (unpaired) electrons. The molecule has 2 aliphatic rings. The molecule has 2 rings (SSSR count). The van der Waals surface area contributed by atoms with Crippen LogP contribution in [0.4, 0.5) is 0 Å². The fourth-order valence-electron chi connectivity index (χ4n) is 2.55. The van der Waals surface area contributed by atoms with Crippen LogP contribution < -0.4 is 5.32 Å². The maximum atomic E-state index is 12.3. The monoisotopic (exact) mass is 240 g/mol. The Bertz CT molecular complexity index is 319. The molecule has 5 heteroatoms. The van der Waals surface area contributed by atoms with Gasteiger partial charge in [0.2, 0.25) is 5.91 Å². The predicted molar refractivity (Wildman–Crippen MR) is 62.4 cm³/mol. The number of amides is 2. The van der Waals surface area contributed by atoms with Gasteiger partial charge in [0.1, 0.15) is 12.1 Å². The Balaban J connectivity index is 2.04. The lowest BCUT2D eigenvalue weighted by atomic mass is 10.1. The van der Waals surface area contributed by atoms with Gasteiger partial charge >= 0.3 is 0 Å². The Morgan fingerprint density at radius 2 is 2.29 bits per heavy atom. The van der Waals surface area contributed by atoms with Crippen molar-refractivity contribution in [2.45, 2.75) is 51.4 Å². The lowest BCUT2D eigenvalue weighted by Crippen LogP contribution is -2.58. The third kappa shape index (κ3) is 2.44. The van der Waals surface area contributed by atoms with Gasteiger partial charge in [0, 0.05) is 13.1 Å². The molecule has 2 saturated heterocycles. The molecular formula is C12H20N2O3. The molecule has 0 aromatic rings. The molecular weight excluding hydrogens is 220 g/mol. The van der Waals surface area contributed by atoms with Crippen LogP contribution in [0.2, 0.25) is 0 Å². The summed E-state index contributed by atoms with van der Waals surface area (Å²) in [5.74, 6) is -0.0609. The third-order valence-corrected chi connectivity index (χ3v) is 3.51. The highest BCUT2D eigenvalue weighted by Crippen LogP contribution is 2.22. The van der Waals surface area contributed by atoms with Crippen LogP contribution >= 0.6 is 0 Å². The van der Waals surface area contributed by atoms with Crippen molar-refractivity contribution in [1.82, 2.24) is 10.2 Å². The average molecular weight is 240 g/mol. The second kappa shape index (κ2) is 5.04. The van der Waals surface area contributed by atoms with Gasteiger partial charge in [-0.3, -0.25) is 9.59 Å². The first-order valence-electron chi connectivity index (χ1n) is 6.37. The maximum Gasteiger partial charge on any atom is 0.252 e. The minimum atomic E-state index is -0.343. The lowest BCUT2D eigenvalue weighted by Gasteiger charge is -2.35. The molecule has 3 atom stereocenters. The number of carbonyl (C=O) groups is 2. The smallest absolute Gasteiger partial charge is 0.252 e. The molecule has 0 bridgehead atoms. The maximum absolute atomic E-state index is 12.3. The molecule has 0 spiro atoms. The van der Waals surface area contributed by atoms with E-state index in [1.807, 2.05) is 13.8 Å². The van der Waals surface area contributed by atoms with Crippen LogP contribution in [0.15, 0.2) is 0 Å². The molecule has 0 saturated carbocycles. The van der Waals surface area contributed by atoms with Gasteiger partial charge in [-0.1, -0.05) is 6.92 Å². The summed E-state index contributed by atoms with van der Waals surface area (Å²) in [5.41, 5.74) is 0. The summed E-state index contributed by atoms with van der Waals surface area (Å²) in [5, 5.41) is 2.79. The molecule has 96 valence electrons. The zero-order chi connectivity index (χ0) is 12.4. The predicted octanol–water partition coefficient (Wildman–Crippen LogP) is 0.291. The first-order chi connectivity index (χ1) is 8.13. The molecule has 1 N–H and O–H groups in total. The zero-order valence-electron chi connectivity index (χ0n) is 10.4. The van der Waals surface area contributed by atoms with Crippen molar-refractivity contribution >= 4 is 11.8 Å². The Hall–Kier alpha value is -1.10. The van der Waals surface area contributed by atoms with Crippen LogP contribution in [0.1, 0.15) is 33.1 Å². The Morgan fingerprint density at radius 1 is 1.53 bits per heavy atom. The van der Waals surface area contributed by atoms with E-state index in [1.54, 1.807) is 4.90 Å². The minimum absolute atomic E-state index is 0.0175. The van der Waals surface area contributed by atoms with Gasteiger partial charge in [-0.15, -0.1) is 0 Å². The standard InChI is InChI=1S/C12H20N2O3/c1-3-9-11(15)13-6-7-14(9)12(16)10-5-4-8(2)17-10/h8-10H,3-7H2,1-2H3,(H,13,15). The Morgan fingerprint density at radius 3 is 2.88 bits per heavy atom. The second-order valence-electron chi connectivity index (χ2n) is 4.76. The van der Waals surface area contributed by atoms with E-state index >= 15 is 0 Å². The van der Waals surface area contributed by atoms with E-state index < -0.39 is 0 Å². The number of ether oxygens (including phenoxy) is 1. The molecule has 2 heterocycles. The highest BCUT2D eigenvalue weighted by molar-refractivity contribution is 5.90. The molecule has 2 amide bonds. The van der Waals surface area contributed by atoms with Crippen molar-refractivity contribution in [1.29, 1.82) is 0 Å². The lowest BCUT2D eigenvalue weighted by molar-refractivity contribution is -0.151. The third-order valence-electron chi connectivity index (χ3n) is 3.51. The Kier molecular flexibility index (Phi) is 3.66. The van der Waals surface area contributed by atoms with E-state index in [2.05, 4.69) is 5.32 Å². The van der Waals surface area contributed by atoms with Crippen LogP contribution in [-0.2, 0) is 14.3 Å². The van der Waals surface area contributed by atoms with Gasteiger partial charge in [0.25, 0.3) is 5.91 Å². The van der Waals surface area contributed by atoms with Crippen molar-refractivity contribution in [2.75, 3.05) is 13.1 Å². The van der Waals surface area contributed by atoms with Crippen molar-refractivity contribution in [2.24, 2.45) is 0 Å². The fourth-order valence-corrected chi connectivity index (χ4v) is 2.55. The van der Waals surface area contributed by atoms with Crippen molar-refractivity contribution in [3.8, 4) is 0 Å². The number of carbonyl (C=O) groups excluding carboxylic acids is 2. The SMILES string of the molecule is CCC1C(=O)NCCN1C(=O)C1CCC(C)O1. The molecule has 0 aliphatic carbocycles. The number of rotatable bonds is 2. The van der Waals surface area contributed by atoms with Crippen molar-refractivity contribution < 1.29 is 14.3 Å². The summed E-state index contributed by atoms with van der Waals surface area (Å²) in [6.07, 6.45) is 2.16. The first-order valence-corrected chi connectivity index (χ1v) is 6.37. The zero-order valence-corrected chi connectivity index (χ0v) is 10.4. The first kappa shape index (κ1) is 12.4. The Labute approximate surface area is 101 Å². The van der Waals surface area contributed by atoms with E-state index in [9.17, 15) is 9.59 Å². The molecule has 2 aliphatic heterocycles. The quantitative estimate of drug-likeness (QED) is 0.755. The van der Waals surface area contributed by atoms with E-state index in [-0.39, 0.29) is 30.1 Å². The summed E-state index contributed by atoms with van der Waals surface area (Å²) < 4.78 is 5.58. The van der Waals surface area contributed by atoms with E-state index in [1.165, 1.54) is 0 Å². The summed E-state index contributed by atoms with van der Waals surface area (Å²) >= 11 is 0. The van der Waals surface area contributed by atoms with Crippen LogP contribution in [0, 0.1) is 0 Å². The van der Waals surface area contributed by atoms with Crippen molar-refractivity contribution in [3.63, 3.8) is 0 Å². The highest BCUT2D eigenvalue weighted by atomic mass is 16.5. The van der Waals surface area contributed by atoms with Crippen LogP contribution in [0.25, 0.3) is 0 Å². The van der Waals surface area contributed by atoms with Gasteiger partial charge in [0.05, 0.1) is 6.10 Å². The van der Waals surface area contributed by atoms with E-state index in [4.69, 9.17) is 4.74 Å². The number of nitrogens with zero attached hydrogens (tertiary/aromatic N) is 1. The molecule has 0 aromatic carbocycles. The molecule has 5 nitrogen and oxygen atoms in total. The van der Waals surface area contributed by atoms with Gasteiger partial charge in [-0.25, -0.2) is 0 Å². The number of hydrogen-bond donors (Lipinski definition) is 1. The van der Waals surface area contributed by atoms with Gasteiger partial charge < -0.3 is 15.0 Å². The largest absolute Gasteiger partial charge is 0.365 e. The summed E-state index contributed by atoms with van der Waals surface area (Å²) in [6, 6.07) is -0.323. The topological polar surface area (TPSA) is 58.6 Å². The molecule has 2 fully saturated rings. The summed E-state index contributed by atoms with van der Waals surface area (Å²) in [7, 11) is 0. The molecule has 0 aromatic heterocycles. The van der Waals surface area contributed by atoms with E-state index in [0.29, 0.717) is 19.5 Å². The van der Waals surface area contributed by atoms with Gasteiger partial charge in [-0.2, -0.15) is 0 Å². The normalized spacial score (nSPS) is 33.6. The summed E-state index contributed by atoms with van der Waals surface area (Å²) in [4.78, 5) is 25.6.